The molecule has 146 valence electrons. The molecule has 2 aromatic carbocycles. The summed E-state index contributed by atoms with van der Waals surface area (Å²) < 4.78 is 19.4. The molecule has 28 heavy (non-hydrogen) atoms. The number of nitrogens with zero attached hydrogens (tertiary/aromatic N) is 1. The Morgan fingerprint density at radius 2 is 2.21 bits per heavy atom. The standard InChI is InChI=1S/C19H19FN4O3S/c1-3-26-8-9-27-24-19(25)13-5-7-16-14(11-21-23-16)18(13)22-17-6-4-12(28-2)10-15(17)20/h3-7,10-11,22H,1,8-9H2,2H3,(H,21,23)(H,24,25). The summed E-state index contributed by atoms with van der Waals surface area (Å²) in [6, 6.07) is 8.19. The molecule has 7 nitrogen and oxygen atoms in total. The van der Waals surface area contributed by atoms with Gasteiger partial charge in [0.25, 0.3) is 5.91 Å². The lowest BCUT2D eigenvalue weighted by molar-refractivity contribution is 0.0145. The Balaban J connectivity index is 1.87. The lowest BCUT2D eigenvalue weighted by atomic mass is 10.1. The van der Waals surface area contributed by atoms with Gasteiger partial charge in [-0.05, 0) is 36.6 Å². The van der Waals surface area contributed by atoms with Crippen molar-refractivity contribution in [3.05, 3.63) is 60.8 Å². The van der Waals surface area contributed by atoms with Crippen molar-refractivity contribution in [1.29, 1.82) is 0 Å². The largest absolute Gasteiger partial charge is 0.499 e. The highest BCUT2D eigenvalue weighted by Crippen LogP contribution is 2.31. The number of ether oxygens (including phenoxy) is 1. The van der Waals surface area contributed by atoms with Crippen molar-refractivity contribution in [1.82, 2.24) is 15.7 Å². The van der Waals surface area contributed by atoms with E-state index in [0.717, 1.165) is 4.90 Å². The molecule has 3 N–H and O–H groups in total. The number of hydroxylamine groups is 1. The smallest absolute Gasteiger partial charge is 0.276 e. The summed E-state index contributed by atoms with van der Waals surface area (Å²) >= 11 is 1.44. The first kappa shape index (κ1) is 19.7. The van der Waals surface area contributed by atoms with Gasteiger partial charge in [-0.25, -0.2) is 9.87 Å². The fourth-order valence-corrected chi connectivity index (χ4v) is 2.97. The van der Waals surface area contributed by atoms with Crippen molar-refractivity contribution >= 4 is 39.9 Å². The molecule has 0 fully saturated rings. The Labute approximate surface area is 165 Å². The van der Waals surface area contributed by atoms with Crippen molar-refractivity contribution in [2.75, 3.05) is 24.8 Å². The number of carbonyl (C=O) groups excluding carboxylic acids is 1. The van der Waals surface area contributed by atoms with Crippen LogP contribution in [-0.4, -0.2) is 35.6 Å². The number of carbonyl (C=O) groups is 1. The zero-order valence-corrected chi connectivity index (χ0v) is 15.9. The van der Waals surface area contributed by atoms with E-state index in [9.17, 15) is 9.18 Å². The zero-order valence-electron chi connectivity index (χ0n) is 15.1. The number of fused-ring (bicyclic) bond motifs is 1. The molecule has 0 unspecified atom stereocenters. The normalized spacial score (nSPS) is 10.6. The van der Waals surface area contributed by atoms with Gasteiger partial charge in [-0.15, -0.1) is 11.8 Å². The molecule has 9 heteroatoms. The van der Waals surface area contributed by atoms with Crippen molar-refractivity contribution in [3.63, 3.8) is 0 Å². The Kier molecular flexibility index (Phi) is 6.51. The first-order chi connectivity index (χ1) is 13.6. The minimum absolute atomic E-state index is 0.152. The third kappa shape index (κ3) is 4.44. The van der Waals surface area contributed by atoms with Gasteiger partial charge in [0.2, 0.25) is 0 Å². The second-order valence-electron chi connectivity index (χ2n) is 5.61. The second-order valence-corrected chi connectivity index (χ2v) is 6.49. The van der Waals surface area contributed by atoms with E-state index < -0.39 is 11.7 Å². The molecule has 0 radical (unpaired) electrons. The maximum Gasteiger partial charge on any atom is 0.276 e. The fourth-order valence-electron chi connectivity index (χ4n) is 2.54. The third-order valence-corrected chi connectivity index (χ3v) is 4.62. The molecule has 1 amide bonds. The molecule has 1 heterocycles. The average Bonchev–Trinajstić information content (AvgIpc) is 3.18. The number of hydrogen-bond donors (Lipinski definition) is 3. The molecule has 3 rings (SSSR count). The fraction of sp³-hybridized carbons (Fsp3) is 0.158. The van der Waals surface area contributed by atoms with Crippen LogP contribution in [-0.2, 0) is 9.57 Å². The maximum atomic E-state index is 14.5. The molecule has 0 saturated heterocycles. The number of rotatable bonds is 9. The van der Waals surface area contributed by atoms with Gasteiger partial charge in [0.15, 0.2) is 0 Å². The second kappa shape index (κ2) is 9.25. The molecule has 3 aromatic rings. The summed E-state index contributed by atoms with van der Waals surface area (Å²) in [5, 5.41) is 10.5. The number of H-pyrrole nitrogens is 1. The van der Waals surface area contributed by atoms with Crippen LogP contribution in [0, 0.1) is 5.82 Å². The van der Waals surface area contributed by atoms with E-state index >= 15 is 0 Å². The van der Waals surface area contributed by atoms with Gasteiger partial charge >= 0.3 is 0 Å². The highest BCUT2D eigenvalue weighted by Gasteiger charge is 2.17. The monoisotopic (exact) mass is 402 g/mol. The van der Waals surface area contributed by atoms with Gasteiger partial charge in [0.1, 0.15) is 19.0 Å². The number of nitrogens with one attached hydrogen (secondary N) is 3. The van der Waals surface area contributed by atoms with Crippen molar-refractivity contribution in [3.8, 4) is 0 Å². The minimum atomic E-state index is -0.481. The molecule has 0 spiro atoms. The van der Waals surface area contributed by atoms with Crippen LogP contribution in [0.3, 0.4) is 0 Å². The molecule has 1 aromatic heterocycles. The van der Waals surface area contributed by atoms with Crippen LogP contribution in [0.1, 0.15) is 10.4 Å². The molecule has 0 atom stereocenters. The summed E-state index contributed by atoms with van der Waals surface area (Å²) in [6.07, 6.45) is 4.73. The maximum absolute atomic E-state index is 14.5. The first-order valence-electron chi connectivity index (χ1n) is 8.35. The summed E-state index contributed by atoms with van der Waals surface area (Å²) in [6.45, 7) is 3.82. The molecular weight excluding hydrogens is 383 g/mol. The van der Waals surface area contributed by atoms with Crippen LogP contribution in [0.2, 0.25) is 0 Å². The number of thioether (sulfide) groups is 1. The minimum Gasteiger partial charge on any atom is -0.499 e. The quantitative estimate of drug-likeness (QED) is 0.217. The lowest BCUT2D eigenvalue weighted by Gasteiger charge is -2.14. The van der Waals surface area contributed by atoms with Crippen molar-refractivity contribution in [2.24, 2.45) is 0 Å². The number of amides is 1. The van der Waals surface area contributed by atoms with Gasteiger partial charge in [-0.1, -0.05) is 6.58 Å². The van der Waals surface area contributed by atoms with E-state index in [2.05, 4.69) is 27.6 Å². The van der Waals surface area contributed by atoms with E-state index in [1.165, 1.54) is 24.1 Å². The Hall–Kier alpha value is -3.04. The van der Waals surface area contributed by atoms with Crippen LogP contribution >= 0.6 is 11.8 Å². The summed E-state index contributed by atoms with van der Waals surface area (Å²) in [5.74, 6) is -0.901. The van der Waals surface area contributed by atoms with E-state index in [1.807, 2.05) is 6.26 Å². The predicted molar refractivity (Wildman–Crippen MR) is 107 cm³/mol. The van der Waals surface area contributed by atoms with Crippen LogP contribution in [0.5, 0.6) is 0 Å². The van der Waals surface area contributed by atoms with E-state index in [4.69, 9.17) is 9.57 Å². The van der Waals surface area contributed by atoms with E-state index in [0.29, 0.717) is 16.6 Å². The highest BCUT2D eigenvalue weighted by molar-refractivity contribution is 7.98. The van der Waals surface area contributed by atoms with Gasteiger partial charge in [0, 0.05) is 10.3 Å². The Morgan fingerprint density at radius 1 is 1.36 bits per heavy atom. The summed E-state index contributed by atoms with van der Waals surface area (Å²) in [7, 11) is 0. The Bertz CT molecular complexity index is 992. The van der Waals surface area contributed by atoms with E-state index in [1.54, 1.807) is 30.5 Å². The Morgan fingerprint density at radius 3 is 2.96 bits per heavy atom. The van der Waals surface area contributed by atoms with Gasteiger partial charge in [-0.2, -0.15) is 5.10 Å². The SMILES string of the molecule is C=COCCONC(=O)c1ccc2[nH]ncc2c1Nc1ccc(SC)cc1F. The highest BCUT2D eigenvalue weighted by atomic mass is 32.2. The summed E-state index contributed by atoms with van der Waals surface area (Å²) in [4.78, 5) is 18.5. The third-order valence-electron chi connectivity index (χ3n) is 3.89. The lowest BCUT2D eigenvalue weighted by Crippen LogP contribution is -2.26. The molecular formula is C19H19FN4O3S. The van der Waals surface area contributed by atoms with Crippen LogP contribution in [0.4, 0.5) is 15.8 Å². The molecule has 0 aliphatic heterocycles. The first-order valence-corrected chi connectivity index (χ1v) is 9.57. The zero-order chi connectivity index (χ0) is 19.9. The number of anilines is 2. The van der Waals surface area contributed by atoms with Crippen LogP contribution in [0.25, 0.3) is 10.9 Å². The van der Waals surface area contributed by atoms with Gasteiger partial charge in [0.05, 0.1) is 34.9 Å². The number of aromatic amines is 1. The van der Waals surface area contributed by atoms with Gasteiger partial charge in [-0.3, -0.25) is 14.7 Å². The van der Waals surface area contributed by atoms with Crippen molar-refractivity contribution in [2.45, 2.75) is 4.90 Å². The molecule has 0 saturated carbocycles. The predicted octanol–water partition coefficient (Wildman–Crippen LogP) is 3.99. The summed E-state index contributed by atoms with van der Waals surface area (Å²) in [5.41, 5.74) is 4.02. The molecule has 0 aliphatic carbocycles. The van der Waals surface area contributed by atoms with Crippen LogP contribution in [0.15, 0.2) is 54.3 Å². The van der Waals surface area contributed by atoms with E-state index in [-0.39, 0.29) is 24.5 Å². The number of hydrogen-bond acceptors (Lipinski definition) is 6. The average molecular weight is 402 g/mol. The van der Waals surface area contributed by atoms with Gasteiger partial charge < -0.3 is 10.1 Å². The molecule has 0 aliphatic rings. The number of aromatic nitrogens is 2. The number of halogens is 1. The topological polar surface area (TPSA) is 88.3 Å². The number of benzene rings is 2. The van der Waals surface area contributed by atoms with Crippen LogP contribution < -0.4 is 10.8 Å². The molecule has 0 bridgehead atoms. The van der Waals surface area contributed by atoms with Crippen molar-refractivity contribution < 1.29 is 18.8 Å².